The van der Waals surface area contributed by atoms with Crippen LogP contribution in [0.5, 0.6) is 0 Å². The summed E-state index contributed by atoms with van der Waals surface area (Å²) in [5, 5.41) is 9.07. The predicted octanol–water partition coefficient (Wildman–Crippen LogP) is 1.70. The number of hydrogen-bond acceptors (Lipinski definition) is 2. The first-order valence-corrected chi connectivity index (χ1v) is 4.43. The number of carbonyl (C=O) groups is 1. The van der Waals surface area contributed by atoms with Gasteiger partial charge in [-0.2, -0.15) is 11.8 Å². The molecule has 2 nitrogen and oxygen atoms in total. The molecule has 0 aromatic carbocycles. The average molecular weight is 179 g/mol. The van der Waals surface area contributed by atoms with Crippen molar-refractivity contribution >= 4 is 29.3 Å². The van der Waals surface area contributed by atoms with Crippen LogP contribution in [0, 0.1) is 0 Å². The maximum Gasteiger partial charge on any atom is 0.333 e. The Morgan fingerprint density at radius 2 is 2.40 bits per heavy atom. The fraction of sp³-hybridized carbons (Fsp3) is 0.500. The zero-order chi connectivity index (χ0) is 7.56. The van der Waals surface area contributed by atoms with Crippen LogP contribution in [0.4, 0.5) is 0 Å². The number of rotatable bonds is 1. The predicted molar refractivity (Wildman–Crippen MR) is 42.5 cm³/mol. The number of carboxylic acid groups (broad SMARTS) is 1. The van der Waals surface area contributed by atoms with Crippen molar-refractivity contribution in [1.29, 1.82) is 0 Å². The number of aliphatic carboxylic acids is 1. The van der Waals surface area contributed by atoms with Crippen molar-refractivity contribution in [2.45, 2.75) is 6.42 Å². The topological polar surface area (TPSA) is 37.3 Å². The molecule has 0 unspecified atom stereocenters. The van der Waals surface area contributed by atoms with E-state index in [2.05, 4.69) is 0 Å². The summed E-state index contributed by atoms with van der Waals surface area (Å²) in [6.45, 7) is 0. The molecule has 1 heterocycles. The van der Waals surface area contributed by atoms with Crippen LogP contribution < -0.4 is 0 Å². The summed E-state index contributed by atoms with van der Waals surface area (Å²) in [5.74, 6) is 0.612. The molecule has 0 saturated carbocycles. The van der Waals surface area contributed by atoms with Gasteiger partial charge in [0.05, 0.1) is 5.57 Å². The maximum atomic E-state index is 10.4. The van der Waals surface area contributed by atoms with Crippen molar-refractivity contribution in [3.8, 4) is 0 Å². The van der Waals surface area contributed by atoms with Crippen LogP contribution in [0.15, 0.2) is 10.6 Å². The highest BCUT2D eigenvalue weighted by atomic mass is 35.5. The van der Waals surface area contributed by atoms with Gasteiger partial charge in [0.2, 0.25) is 0 Å². The summed E-state index contributed by atoms with van der Waals surface area (Å²) >= 11 is 7.28. The lowest BCUT2D eigenvalue weighted by molar-refractivity contribution is -0.132. The maximum absolute atomic E-state index is 10.4. The number of allylic oxidation sites excluding steroid dienone is 1. The minimum absolute atomic E-state index is 0.373. The largest absolute Gasteiger partial charge is 0.478 e. The Kier molecular flexibility index (Phi) is 2.63. The van der Waals surface area contributed by atoms with E-state index in [1.807, 2.05) is 0 Å². The molecule has 1 N–H and O–H groups in total. The van der Waals surface area contributed by atoms with Crippen LogP contribution in [0.2, 0.25) is 0 Å². The minimum atomic E-state index is -0.878. The zero-order valence-corrected chi connectivity index (χ0v) is 6.84. The average Bonchev–Trinajstić information content (AvgIpc) is 1.88. The molecule has 56 valence electrons. The molecule has 1 aliphatic rings. The fourth-order valence-electron chi connectivity index (χ4n) is 0.743. The van der Waals surface area contributed by atoms with Crippen molar-refractivity contribution < 1.29 is 9.90 Å². The number of halogens is 1. The number of carboxylic acids is 1. The zero-order valence-electron chi connectivity index (χ0n) is 5.26. The van der Waals surface area contributed by atoms with Crippen LogP contribution >= 0.6 is 23.4 Å². The monoisotopic (exact) mass is 178 g/mol. The van der Waals surface area contributed by atoms with Crippen molar-refractivity contribution in [3.63, 3.8) is 0 Å². The van der Waals surface area contributed by atoms with Crippen LogP contribution in [0.3, 0.4) is 0 Å². The van der Waals surface area contributed by atoms with Crippen LogP contribution in [-0.2, 0) is 4.79 Å². The number of thioether (sulfide) groups is 1. The van der Waals surface area contributed by atoms with Gasteiger partial charge in [-0.1, -0.05) is 11.6 Å². The third kappa shape index (κ3) is 1.67. The molecule has 0 atom stereocenters. The van der Waals surface area contributed by atoms with Crippen molar-refractivity contribution in [2.24, 2.45) is 0 Å². The molecule has 0 amide bonds. The van der Waals surface area contributed by atoms with E-state index in [0.29, 0.717) is 22.8 Å². The SMILES string of the molecule is O=C(O)C1=C(Cl)CCSC1. The van der Waals surface area contributed by atoms with Gasteiger partial charge in [0.1, 0.15) is 0 Å². The van der Waals surface area contributed by atoms with Gasteiger partial charge < -0.3 is 5.11 Å². The van der Waals surface area contributed by atoms with Gasteiger partial charge in [0.15, 0.2) is 0 Å². The van der Waals surface area contributed by atoms with Gasteiger partial charge in [0, 0.05) is 10.8 Å². The first-order valence-electron chi connectivity index (χ1n) is 2.90. The van der Waals surface area contributed by atoms with E-state index >= 15 is 0 Å². The lowest BCUT2D eigenvalue weighted by Gasteiger charge is -2.11. The standard InChI is InChI=1S/C6H7ClO2S/c7-5-1-2-10-3-4(5)6(8)9/h1-3H2,(H,8,9). The molecule has 4 heteroatoms. The molecule has 1 aliphatic heterocycles. The van der Waals surface area contributed by atoms with Crippen molar-refractivity contribution in [3.05, 3.63) is 10.6 Å². The third-order valence-corrected chi connectivity index (χ3v) is 2.70. The van der Waals surface area contributed by atoms with Gasteiger partial charge in [-0.05, 0) is 12.2 Å². The van der Waals surface area contributed by atoms with Gasteiger partial charge >= 0.3 is 5.97 Å². The second-order valence-corrected chi connectivity index (χ2v) is 3.55. The minimum Gasteiger partial charge on any atom is -0.478 e. The lowest BCUT2D eigenvalue weighted by Crippen LogP contribution is -2.09. The molecule has 0 saturated heterocycles. The second kappa shape index (κ2) is 3.30. The second-order valence-electron chi connectivity index (χ2n) is 1.99. The molecule has 0 fully saturated rings. The molecular formula is C6H7ClO2S. The lowest BCUT2D eigenvalue weighted by atomic mass is 10.2. The third-order valence-electron chi connectivity index (χ3n) is 1.30. The number of hydrogen-bond donors (Lipinski definition) is 1. The summed E-state index contributed by atoms with van der Waals surface area (Å²) < 4.78 is 0. The summed E-state index contributed by atoms with van der Waals surface area (Å²) in [4.78, 5) is 10.4. The highest BCUT2D eigenvalue weighted by Gasteiger charge is 2.16. The molecular weight excluding hydrogens is 172 g/mol. The Morgan fingerprint density at radius 3 is 2.80 bits per heavy atom. The van der Waals surface area contributed by atoms with E-state index in [4.69, 9.17) is 16.7 Å². The normalized spacial score (nSPS) is 19.3. The Labute approximate surface area is 68.3 Å². The first kappa shape index (κ1) is 7.95. The summed E-state index contributed by atoms with van der Waals surface area (Å²) in [7, 11) is 0. The van der Waals surface area contributed by atoms with E-state index < -0.39 is 5.97 Å². The summed E-state index contributed by atoms with van der Waals surface area (Å²) in [5.41, 5.74) is 0.373. The van der Waals surface area contributed by atoms with Crippen molar-refractivity contribution in [1.82, 2.24) is 0 Å². The molecule has 0 aromatic rings. The quantitative estimate of drug-likeness (QED) is 0.664. The molecule has 0 aliphatic carbocycles. The molecule has 10 heavy (non-hydrogen) atoms. The molecule has 0 bridgehead atoms. The van der Waals surface area contributed by atoms with E-state index in [-0.39, 0.29) is 0 Å². The van der Waals surface area contributed by atoms with E-state index in [1.54, 1.807) is 11.8 Å². The highest BCUT2D eigenvalue weighted by molar-refractivity contribution is 7.99. The molecule has 0 aromatic heterocycles. The van der Waals surface area contributed by atoms with E-state index in [1.165, 1.54) is 0 Å². The van der Waals surface area contributed by atoms with Crippen LogP contribution in [0.25, 0.3) is 0 Å². The smallest absolute Gasteiger partial charge is 0.333 e. The first-order chi connectivity index (χ1) is 4.72. The van der Waals surface area contributed by atoms with Crippen molar-refractivity contribution in [2.75, 3.05) is 11.5 Å². The van der Waals surface area contributed by atoms with Gasteiger partial charge in [-0.3, -0.25) is 0 Å². The Morgan fingerprint density at radius 1 is 1.70 bits per heavy atom. The molecule has 1 rings (SSSR count). The van der Waals surface area contributed by atoms with Gasteiger partial charge in [0.25, 0.3) is 0 Å². The van der Waals surface area contributed by atoms with Gasteiger partial charge in [-0.15, -0.1) is 0 Å². The van der Waals surface area contributed by atoms with Gasteiger partial charge in [-0.25, -0.2) is 4.79 Å². The van der Waals surface area contributed by atoms with E-state index in [0.717, 1.165) is 5.75 Å². The summed E-state index contributed by atoms with van der Waals surface area (Å²) in [6.07, 6.45) is 0.702. The summed E-state index contributed by atoms with van der Waals surface area (Å²) in [6, 6.07) is 0. The Hall–Kier alpha value is -0.150. The van der Waals surface area contributed by atoms with E-state index in [9.17, 15) is 4.79 Å². The molecule has 0 spiro atoms. The Balaban J connectivity index is 2.78. The highest BCUT2D eigenvalue weighted by Crippen LogP contribution is 2.25. The van der Waals surface area contributed by atoms with Crippen LogP contribution in [-0.4, -0.2) is 22.6 Å². The fourth-order valence-corrected chi connectivity index (χ4v) is 2.17. The molecule has 0 radical (unpaired) electrons. The Bertz CT molecular complexity index is 188. The van der Waals surface area contributed by atoms with Crippen LogP contribution in [0.1, 0.15) is 6.42 Å².